The number of hydrogen-bond donors (Lipinski definition) is 2. The number of fused-ring (bicyclic) bond motifs is 1. The normalized spacial score (nSPS) is 14.1. The van der Waals surface area contributed by atoms with Crippen LogP contribution in [0.25, 0.3) is 11.0 Å². The summed E-state index contributed by atoms with van der Waals surface area (Å²) in [6, 6.07) is 4.83. The van der Waals surface area contributed by atoms with Crippen LogP contribution >= 0.6 is 0 Å². The molecular weight excluding hydrogens is 423 g/mol. The summed E-state index contributed by atoms with van der Waals surface area (Å²) >= 11 is 0. The van der Waals surface area contributed by atoms with E-state index in [1.165, 1.54) is 18.3 Å². The Kier molecular flexibility index (Phi) is 5.39. The summed E-state index contributed by atoms with van der Waals surface area (Å²) in [6.45, 7) is 5.52. The Morgan fingerprint density at radius 3 is 2.50 bits per heavy atom. The molecule has 0 bridgehead atoms. The number of carbonyl (C=O) groups excluding carboxylic acids is 2. The van der Waals surface area contributed by atoms with Crippen molar-refractivity contribution in [2.75, 3.05) is 10.6 Å². The van der Waals surface area contributed by atoms with E-state index in [-0.39, 0.29) is 29.1 Å². The van der Waals surface area contributed by atoms with Crippen LogP contribution in [0.4, 0.5) is 24.5 Å². The van der Waals surface area contributed by atoms with Crippen LogP contribution in [0.2, 0.25) is 0 Å². The van der Waals surface area contributed by atoms with Crippen LogP contribution in [0.5, 0.6) is 0 Å². The number of aromatic nitrogens is 3. The molecule has 3 aromatic rings. The molecule has 1 fully saturated rings. The molecule has 0 unspecified atom stereocenters. The maximum absolute atomic E-state index is 13.7. The third-order valence-corrected chi connectivity index (χ3v) is 5.22. The monoisotopic (exact) mass is 445 g/mol. The second-order valence-electron chi connectivity index (χ2n) is 8.21. The van der Waals surface area contributed by atoms with Gasteiger partial charge in [0, 0.05) is 23.3 Å². The fraction of sp³-hybridized carbons (Fsp3) is 0.364. The minimum Gasteiger partial charge on any atom is -0.326 e. The molecule has 0 atom stereocenters. The number of nitrogens with one attached hydrogen (secondary N) is 2. The van der Waals surface area contributed by atoms with E-state index >= 15 is 0 Å². The molecule has 168 valence electrons. The minimum absolute atomic E-state index is 0.00654. The van der Waals surface area contributed by atoms with Crippen molar-refractivity contribution in [3.63, 3.8) is 0 Å². The van der Waals surface area contributed by atoms with Crippen LogP contribution in [0.15, 0.2) is 30.5 Å². The zero-order valence-corrected chi connectivity index (χ0v) is 17.7. The largest absolute Gasteiger partial charge is 0.418 e. The van der Waals surface area contributed by atoms with Crippen molar-refractivity contribution in [3.8, 4) is 0 Å². The van der Waals surface area contributed by atoms with E-state index in [0.717, 1.165) is 25.0 Å². The van der Waals surface area contributed by atoms with Gasteiger partial charge in [-0.05, 0) is 57.9 Å². The van der Waals surface area contributed by atoms with Gasteiger partial charge in [0.25, 0.3) is 5.91 Å². The summed E-state index contributed by atoms with van der Waals surface area (Å²) in [6.07, 6.45) is -1.77. The van der Waals surface area contributed by atoms with Crippen molar-refractivity contribution >= 4 is 34.2 Å². The zero-order chi connectivity index (χ0) is 23.2. The average molecular weight is 445 g/mol. The molecule has 2 N–H and O–H groups in total. The maximum Gasteiger partial charge on any atom is 0.418 e. The SMILES string of the molecule is Cc1cc(C(=O)Nc2ccc(NC(=O)C3CC3)cc2C(F)(F)F)c2cnn(C(C)C)c2n1. The molecule has 1 aromatic carbocycles. The highest BCUT2D eigenvalue weighted by Gasteiger charge is 2.35. The summed E-state index contributed by atoms with van der Waals surface area (Å²) in [4.78, 5) is 29.3. The lowest BCUT2D eigenvalue weighted by Gasteiger charge is -2.16. The molecule has 0 radical (unpaired) electrons. The standard InChI is InChI=1S/C22H22F3N5O2/c1-11(2)30-19-16(10-26-30)15(8-12(3)27-19)21(32)29-18-7-6-14(9-17(18)22(23,24)25)28-20(31)13-4-5-13/h6-11,13H,4-5H2,1-3H3,(H,28,31)(H,29,32). The van der Waals surface area contributed by atoms with E-state index in [1.807, 2.05) is 13.8 Å². The lowest BCUT2D eigenvalue weighted by molar-refractivity contribution is -0.137. The molecular formula is C22H22F3N5O2. The van der Waals surface area contributed by atoms with E-state index < -0.39 is 23.3 Å². The first-order valence-electron chi connectivity index (χ1n) is 10.2. The highest BCUT2D eigenvalue weighted by Crippen LogP contribution is 2.38. The summed E-state index contributed by atoms with van der Waals surface area (Å²) in [5, 5.41) is 9.58. The maximum atomic E-state index is 13.7. The quantitative estimate of drug-likeness (QED) is 0.582. The molecule has 32 heavy (non-hydrogen) atoms. The van der Waals surface area contributed by atoms with Gasteiger partial charge in [0.1, 0.15) is 0 Å². The molecule has 2 amide bonds. The predicted molar refractivity (Wildman–Crippen MR) is 113 cm³/mol. The molecule has 2 heterocycles. The average Bonchev–Trinajstić information content (AvgIpc) is 3.47. The molecule has 1 aliphatic rings. The first kappa shape index (κ1) is 21.8. The number of anilines is 2. The van der Waals surface area contributed by atoms with Gasteiger partial charge in [-0.25, -0.2) is 9.67 Å². The Morgan fingerprint density at radius 1 is 1.16 bits per heavy atom. The van der Waals surface area contributed by atoms with Gasteiger partial charge >= 0.3 is 6.18 Å². The summed E-state index contributed by atoms with van der Waals surface area (Å²) in [7, 11) is 0. The first-order chi connectivity index (χ1) is 15.0. The lowest BCUT2D eigenvalue weighted by atomic mass is 10.1. The van der Waals surface area contributed by atoms with Gasteiger partial charge in [-0.3, -0.25) is 9.59 Å². The molecule has 0 saturated heterocycles. The van der Waals surface area contributed by atoms with Crippen molar-refractivity contribution in [2.45, 2.75) is 45.8 Å². The number of rotatable bonds is 5. The molecule has 4 rings (SSSR count). The Labute approximate surface area is 182 Å². The van der Waals surface area contributed by atoms with E-state index in [4.69, 9.17) is 0 Å². The number of hydrogen-bond acceptors (Lipinski definition) is 4. The van der Waals surface area contributed by atoms with Gasteiger partial charge in [-0.1, -0.05) is 0 Å². The second kappa shape index (κ2) is 7.92. The number of aryl methyl sites for hydroxylation is 1. The Bertz CT molecular complexity index is 1210. The van der Waals surface area contributed by atoms with E-state index in [0.29, 0.717) is 16.7 Å². The molecule has 0 spiro atoms. The van der Waals surface area contributed by atoms with Crippen molar-refractivity contribution in [1.29, 1.82) is 0 Å². The summed E-state index contributed by atoms with van der Waals surface area (Å²) in [5.41, 5.74) is -0.199. The number of alkyl halides is 3. The number of halogens is 3. The van der Waals surface area contributed by atoms with Crippen LogP contribution in [-0.2, 0) is 11.0 Å². The third kappa shape index (κ3) is 4.30. The topological polar surface area (TPSA) is 88.9 Å². The number of pyridine rings is 1. The van der Waals surface area contributed by atoms with Crippen LogP contribution in [0.3, 0.4) is 0 Å². The highest BCUT2D eigenvalue weighted by molar-refractivity contribution is 6.12. The minimum atomic E-state index is -4.73. The van der Waals surface area contributed by atoms with Crippen molar-refractivity contribution in [1.82, 2.24) is 14.8 Å². The molecule has 1 aliphatic carbocycles. The summed E-state index contributed by atoms with van der Waals surface area (Å²) < 4.78 is 42.8. The van der Waals surface area contributed by atoms with E-state index in [9.17, 15) is 22.8 Å². The van der Waals surface area contributed by atoms with E-state index in [1.54, 1.807) is 11.6 Å². The molecule has 1 saturated carbocycles. The Hall–Kier alpha value is -3.43. The molecule has 2 aromatic heterocycles. The van der Waals surface area contributed by atoms with E-state index in [2.05, 4.69) is 20.7 Å². The Morgan fingerprint density at radius 2 is 1.88 bits per heavy atom. The number of benzene rings is 1. The first-order valence-corrected chi connectivity index (χ1v) is 10.2. The number of nitrogens with zero attached hydrogens (tertiary/aromatic N) is 3. The predicted octanol–water partition coefficient (Wildman–Crippen LogP) is 4.94. The molecule has 0 aliphatic heterocycles. The lowest BCUT2D eigenvalue weighted by Crippen LogP contribution is -2.19. The van der Waals surface area contributed by atoms with Crippen LogP contribution in [-0.4, -0.2) is 26.6 Å². The van der Waals surface area contributed by atoms with Crippen molar-refractivity contribution < 1.29 is 22.8 Å². The van der Waals surface area contributed by atoms with Crippen molar-refractivity contribution in [3.05, 3.63) is 47.3 Å². The number of amides is 2. The number of carbonyl (C=O) groups is 2. The van der Waals surface area contributed by atoms with Gasteiger partial charge in [0.15, 0.2) is 5.65 Å². The van der Waals surface area contributed by atoms with Gasteiger partial charge < -0.3 is 10.6 Å². The van der Waals surface area contributed by atoms with Crippen molar-refractivity contribution in [2.24, 2.45) is 5.92 Å². The van der Waals surface area contributed by atoms with Crippen LogP contribution in [0, 0.1) is 12.8 Å². The van der Waals surface area contributed by atoms with Crippen LogP contribution < -0.4 is 10.6 Å². The van der Waals surface area contributed by atoms with Gasteiger partial charge in [-0.15, -0.1) is 0 Å². The van der Waals surface area contributed by atoms with Gasteiger partial charge in [0.2, 0.25) is 5.91 Å². The molecule has 7 nitrogen and oxygen atoms in total. The highest BCUT2D eigenvalue weighted by atomic mass is 19.4. The fourth-order valence-electron chi connectivity index (χ4n) is 3.45. The third-order valence-electron chi connectivity index (χ3n) is 5.22. The smallest absolute Gasteiger partial charge is 0.326 e. The van der Waals surface area contributed by atoms with Crippen LogP contribution in [0.1, 0.15) is 54.3 Å². The Balaban J connectivity index is 1.67. The van der Waals surface area contributed by atoms with Gasteiger partial charge in [0.05, 0.1) is 28.4 Å². The summed E-state index contributed by atoms with van der Waals surface area (Å²) in [5.74, 6) is -1.15. The fourth-order valence-corrected chi connectivity index (χ4v) is 3.45. The van der Waals surface area contributed by atoms with Gasteiger partial charge in [-0.2, -0.15) is 18.3 Å². The second-order valence-corrected chi connectivity index (χ2v) is 8.21. The zero-order valence-electron chi connectivity index (χ0n) is 17.7. The molecule has 10 heteroatoms.